The molecule has 0 atom stereocenters. The van der Waals surface area contributed by atoms with Crippen molar-refractivity contribution in [2.24, 2.45) is 0 Å². The first-order chi connectivity index (χ1) is 10.1. The highest BCUT2D eigenvalue weighted by molar-refractivity contribution is 7.21. The van der Waals surface area contributed by atoms with E-state index in [1.807, 2.05) is 18.2 Å². The van der Waals surface area contributed by atoms with Gasteiger partial charge in [-0.3, -0.25) is 14.9 Å². The van der Waals surface area contributed by atoms with E-state index in [1.165, 1.54) is 17.4 Å². The lowest BCUT2D eigenvalue weighted by Gasteiger charge is -2.06. The van der Waals surface area contributed by atoms with E-state index in [0.29, 0.717) is 21.4 Å². The first kappa shape index (κ1) is 13.5. The summed E-state index contributed by atoms with van der Waals surface area (Å²) < 4.78 is 0.829. The first-order valence-electron chi connectivity index (χ1n) is 6.35. The molecule has 0 unspecified atom stereocenters. The molecule has 5 heteroatoms. The van der Waals surface area contributed by atoms with Crippen LogP contribution >= 0.6 is 11.3 Å². The molecule has 0 aliphatic heterocycles. The number of para-hydroxylation sites is 1. The lowest BCUT2D eigenvalue weighted by atomic mass is 10.1. The van der Waals surface area contributed by atoms with Crippen molar-refractivity contribution >= 4 is 27.1 Å². The molecule has 1 heterocycles. The van der Waals surface area contributed by atoms with Crippen molar-refractivity contribution in [3.63, 3.8) is 0 Å². The summed E-state index contributed by atoms with van der Waals surface area (Å²) in [5.74, 6) is 0. The number of hydrogen-bond donors (Lipinski definition) is 0. The van der Waals surface area contributed by atoms with E-state index < -0.39 is 4.92 Å². The third-order valence-electron chi connectivity index (χ3n) is 3.32. The summed E-state index contributed by atoms with van der Waals surface area (Å²) in [7, 11) is 0. The zero-order valence-electron chi connectivity index (χ0n) is 11.2. The van der Waals surface area contributed by atoms with Crippen LogP contribution in [0.2, 0.25) is 0 Å². The number of nitrogens with zero attached hydrogens (tertiary/aromatic N) is 1. The Morgan fingerprint density at radius 1 is 1.10 bits per heavy atom. The van der Waals surface area contributed by atoms with Crippen molar-refractivity contribution in [3.05, 3.63) is 74.4 Å². The molecule has 1 aromatic heterocycles. The van der Waals surface area contributed by atoms with Gasteiger partial charge in [-0.25, -0.2) is 0 Å². The molecule has 3 rings (SSSR count). The van der Waals surface area contributed by atoms with Gasteiger partial charge in [-0.05, 0) is 25.1 Å². The van der Waals surface area contributed by atoms with Gasteiger partial charge in [0.05, 0.1) is 10.5 Å². The maximum atomic E-state index is 12.2. The van der Waals surface area contributed by atoms with Gasteiger partial charge in [0.2, 0.25) is 0 Å². The van der Waals surface area contributed by atoms with Gasteiger partial charge in [0.15, 0.2) is 5.43 Å². The molecule has 2 aromatic carbocycles. The minimum absolute atomic E-state index is 0.0587. The molecule has 0 spiro atoms. The van der Waals surface area contributed by atoms with Crippen molar-refractivity contribution in [1.29, 1.82) is 0 Å². The topological polar surface area (TPSA) is 60.2 Å². The summed E-state index contributed by atoms with van der Waals surface area (Å²) in [5, 5.41) is 11.9. The second-order valence-electron chi connectivity index (χ2n) is 4.70. The molecule has 0 aliphatic carbocycles. The number of fused-ring (bicyclic) bond motifs is 1. The zero-order valence-corrected chi connectivity index (χ0v) is 12.0. The minimum Gasteiger partial charge on any atom is -0.289 e. The summed E-state index contributed by atoms with van der Waals surface area (Å²) in [6, 6.07) is 13.9. The molecule has 0 amide bonds. The van der Waals surface area contributed by atoms with Gasteiger partial charge in [0.1, 0.15) is 0 Å². The fourth-order valence-corrected chi connectivity index (χ4v) is 3.44. The number of hydrogen-bond acceptors (Lipinski definition) is 4. The standard InChI is InChI=1S/C16H11NO3S/c1-10-5-4-7-12(16(10)17(19)20)15-9-13(18)11-6-2-3-8-14(11)21-15/h2-9H,1H3. The van der Waals surface area contributed by atoms with Crippen molar-refractivity contribution < 1.29 is 4.92 Å². The van der Waals surface area contributed by atoms with Crippen LogP contribution in [0.25, 0.3) is 20.5 Å². The van der Waals surface area contributed by atoms with Crippen LogP contribution in [0.5, 0.6) is 0 Å². The normalized spacial score (nSPS) is 10.7. The molecule has 0 N–H and O–H groups in total. The van der Waals surface area contributed by atoms with Gasteiger partial charge in [-0.1, -0.05) is 24.3 Å². The molecular formula is C16H11NO3S. The Kier molecular flexibility index (Phi) is 3.27. The average molecular weight is 297 g/mol. The van der Waals surface area contributed by atoms with Gasteiger partial charge < -0.3 is 0 Å². The van der Waals surface area contributed by atoms with Crippen molar-refractivity contribution in [2.45, 2.75) is 6.92 Å². The molecule has 0 aliphatic rings. The van der Waals surface area contributed by atoms with Crippen LogP contribution < -0.4 is 5.43 Å². The zero-order chi connectivity index (χ0) is 15.0. The fraction of sp³-hybridized carbons (Fsp3) is 0.0625. The summed E-state index contributed by atoms with van der Waals surface area (Å²) in [4.78, 5) is 23.7. The number of nitro benzene ring substituents is 1. The molecule has 0 fully saturated rings. The number of aryl methyl sites for hydroxylation is 1. The summed E-state index contributed by atoms with van der Waals surface area (Å²) in [5.41, 5.74) is 1.02. The van der Waals surface area contributed by atoms with Gasteiger partial charge in [0.25, 0.3) is 5.69 Å². The largest absolute Gasteiger partial charge is 0.289 e. The van der Waals surface area contributed by atoms with E-state index in [-0.39, 0.29) is 11.1 Å². The van der Waals surface area contributed by atoms with Crippen LogP contribution in [0.15, 0.2) is 53.3 Å². The molecule has 4 nitrogen and oxygen atoms in total. The number of rotatable bonds is 2. The molecule has 104 valence electrons. The summed E-state index contributed by atoms with van der Waals surface area (Å²) >= 11 is 1.39. The van der Waals surface area contributed by atoms with Gasteiger partial charge >= 0.3 is 0 Å². The van der Waals surface area contributed by atoms with E-state index in [1.54, 1.807) is 31.2 Å². The van der Waals surface area contributed by atoms with Crippen LogP contribution in [0.3, 0.4) is 0 Å². The van der Waals surface area contributed by atoms with Crippen LogP contribution in [-0.2, 0) is 0 Å². The predicted octanol–water partition coefficient (Wildman–Crippen LogP) is 4.15. The number of benzene rings is 2. The second-order valence-corrected chi connectivity index (χ2v) is 5.78. The van der Waals surface area contributed by atoms with E-state index in [9.17, 15) is 14.9 Å². The van der Waals surface area contributed by atoms with E-state index in [0.717, 1.165) is 4.70 Å². The van der Waals surface area contributed by atoms with Crippen LogP contribution in [0.1, 0.15) is 5.56 Å². The molecule has 3 aromatic rings. The highest BCUT2D eigenvalue weighted by atomic mass is 32.1. The Labute approximate surface area is 124 Å². The molecule has 0 radical (unpaired) electrons. The monoisotopic (exact) mass is 297 g/mol. The SMILES string of the molecule is Cc1cccc(-c2cc(=O)c3ccccc3s2)c1[N+](=O)[O-]. The van der Waals surface area contributed by atoms with Crippen molar-refractivity contribution in [1.82, 2.24) is 0 Å². The van der Waals surface area contributed by atoms with E-state index in [2.05, 4.69) is 0 Å². The number of nitro groups is 1. The summed E-state index contributed by atoms with van der Waals surface area (Å²) in [6.07, 6.45) is 0. The Balaban J connectivity index is 2.34. The predicted molar refractivity (Wildman–Crippen MR) is 84.9 cm³/mol. The van der Waals surface area contributed by atoms with Crippen molar-refractivity contribution in [3.8, 4) is 10.4 Å². The van der Waals surface area contributed by atoms with Gasteiger partial charge in [-0.2, -0.15) is 0 Å². The smallest absolute Gasteiger partial charge is 0.280 e. The van der Waals surface area contributed by atoms with Crippen LogP contribution in [0.4, 0.5) is 5.69 Å². The first-order valence-corrected chi connectivity index (χ1v) is 7.17. The lowest BCUT2D eigenvalue weighted by Crippen LogP contribution is -2.00. The Morgan fingerprint density at radius 3 is 2.62 bits per heavy atom. The second kappa shape index (κ2) is 5.10. The quantitative estimate of drug-likeness (QED) is 0.527. The molecule has 21 heavy (non-hydrogen) atoms. The van der Waals surface area contributed by atoms with Crippen LogP contribution in [-0.4, -0.2) is 4.92 Å². The average Bonchev–Trinajstić information content (AvgIpc) is 2.46. The highest BCUT2D eigenvalue weighted by Gasteiger charge is 2.19. The van der Waals surface area contributed by atoms with Gasteiger partial charge in [-0.15, -0.1) is 11.3 Å². The van der Waals surface area contributed by atoms with E-state index in [4.69, 9.17) is 0 Å². The Hall–Kier alpha value is -2.53. The maximum absolute atomic E-state index is 12.2. The fourth-order valence-electron chi connectivity index (χ4n) is 2.34. The van der Waals surface area contributed by atoms with Gasteiger partial charge in [0, 0.05) is 26.6 Å². The van der Waals surface area contributed by atoms with E-state index >= 15 is 0 Å². The highest BCUT2D eigenvalue weighted by Crippen LogP contribution is 2.36. The third-order valence-corrected chi connectivity index (χ3v) is 4.45. The molecule has 0 saturated heterocycles. The van der Waals surface area contributed by atoms with Crippen molar-refractivity contribution in [2.75, 3.05) is 0 Å². The molecule has 0 saturated carbocycles. The molecular weight excluding hydrogens is 286 g/mol. The third kappa shape index (κ3) is 2.32. The van der Waals surface area contributed by atoms with Crippen LogP contribution in [0, 0.1) is 17.0 Å². The summed E-state index contributed by atoms with van der Waals surface area (Å²) in [6.45, 7) is 1.70. The Morgan fingerprint density at radius 2 is 1.86 bits per heavy atom. The molecule has 0 bridgehead atoms. The minimum atomic E-state index is -0.392. The lowest BCUT2D eigenvalue weighted by molar-refractivity contribution is -0.384. The maximum Gasteiger partial charge on any atom is 0.280 e. The Bertz CT molecular complexity index is 915.